The fourth-order valence-electron chi connectivity index (χ4n) is 2.27. The number of nitrogens with zero attached hydrogens (tertiary/aromatic N) is 1. The monoisotopic (exact) mass is 327 g/mol. The van der Waals surface area contributed by atoms with Crippen LogP contribution in [0.2, 0.25) is 0 Å². The van der Waals surface area contributed by atoms with E-state index in [0.29, 0.717) is 5.88 Å². The molecule has 2 nitrogen and oxygen atoms in total. The van der Waals surface area contributed by atoms with Crippen molar-refractivity contribution in [3.63, 3.8) is 0 Å². The van der Waals surface area contributed by atoms with E-state index >= 15 is 0 Å². The molecule has 0 bridgehead atoms. The molecule has 0 saturated heterocycles. The third-order valence-corrected chi connectivity index (χ3v) is 3.90. The maximum atomic E-state index is 10.2. The summed E-state index contributed by atoms with van der Waals surface area (Å²) in [4.78, 5) is 0. The molecule has 3 heteroatoms. The van der Waals surface area contributed by atoms with Crippen molar-refractivity contribution >= 4 is 33.4 Å². The lowest BCUT2D eigenvalue weighted by atomic mass is 10.1. The van der Waals surface area contributed by atoms with Gasteiger partial charge in [0.1, 0.15) is 0 Å². The van der Waals surface area contributed by atoms with Crippen molar-refractivity contribution in [3.05, 3.63) is 27.5 Å². The number of rotatable bonds is 2. The number of fused-ring (bicyclic) bond motifs is 1. The van der Waals surface area contributed by atoms with Gasteiger partial charge in [0.2, 0.25) is 0 Å². The zero-order valence-corrected chi connectivity index (χ0v) is 11.4. The molecule has 0 amide bonds. The molecule has 3 rings (SSSR count). The topological polar surface area (TPSA) is 25.2 Å². The number of aromatic nitrogens is 1. The fourth-order valence-corrected chi connectivity index (χ4v) is 3.07. The lowest BCUT2D eigenvalue weighted by Crippen LogP contribution is -1.96. The smallest absolute Gasteiger partial charge is 0.199 e. The largest absolute Gasteiger partial charge is 0.494 e. The molecule has 2 aromatic rings. The third kappa shape index (κ3) is 1.71. The summed E-state index contributed by atoms with van der Waals surface area (Å²) in [5.41, 5.74) is 1.16. The summed E-state index contributed by atoms with van der Waals surface area (Å²) in [6, 6.07) is 4.25. The first kappa shape index (κ1) is 10.4. The lowest BCUT2D eigenvalue weighted by Gasteiger charge is -2.03. The van der Waals surface area contributed by atoms with E-state index in [-0.39, 0.29) is 0 Å². The number of aromatic hydroxyl groups is 1. The van der Waals surface area contributed by atoms with Gasteiger partial charge in [-0.2, -0.15) is 0 Å². The van der Waals surface area contributed by atoms with Crippen molar-refractivity contribution in [2.75, 3.05) is 0 Å². The predicted molar refractivity (Wildman–Crippen MR) is 73.8 cm³/mol. The van der Waals surface area contributed by atoms with Gasteiger partial charge in [0, 0.05) is 27.1 Å². The van der Waals surface area contributed by atoms with Gasteiger partial charge in [-0.1, -0.05) is 0 Å². The second-order valence-corrected chi connectivity index (χ2v) is 5.98. The van der Waals surface area contributed by atoms with Crippen molar-refractivity contribution in [2.45, 2.75) is 26.3 Å². The number of hydrogen-bond donors (Lipinski definition) is 1. The molecule has 0 spiro atoms. The molecule has 0 radical (unpaired) electrons. The van der Waals surface area contributed by atoms with Crippen LogP contribution in [0.5, 0.6) is 5.88 Å². The fraction of sp³-hybridized carbons (Fsp3) is 0.385. The Labute approximate surface area is 108 Å². The normalized spacial score (nSPS) is 15.9. The second kappa shape index (κ2) is 3.65. The molecule has 1 N–H and O–H groups in total. The highest BCUT2D eigenvalue weighted by molar-refractivity contribution is 14.1. The number of hydrogen-bond acceptors (Lipinski definition) is 1. The van der Waals surface area contributed by atoms with E-state index in [0.717, 1.165) is 28.8 Å². The Bertz CT molecular complexity index is 555. The van der Waals surface area contributed by atoms with E-state index in [9.17, 15) is 5.11 Å². The van der Waals surface area contributed by atoms with Crippen LogP contribution >= 0.6 is 22.6 Å². The molecule has 1 saturated carbocycles. The van der Waals surface area contributed by atoms with Gasteiger partial charge in [-0.25, -0.2) is 0 Å². The van der Waals surface area contributed by atoms with Crippen molar-refractivity contribution in [1.82, 2.24) is 4.57 Å². The van der Waals surface area contributed by atoms with Gasteiger partial charge in [-0.05, 0) is 66.0 Å². The number of halogens is 1. The number of aryl methyl sites for hydroxylation is 1. The van der Waals surface area contributed by atoms with E-state index < -0.39 is 0 Å². The minimum atomic E-state index is 0.441. The summed E-state index contributed by atoms with van der Waals surface area (Å²) < 4.78 is 3.23. The Hall–Kier alpha value is -0.710. The van der Waals surface area contributed by atoms with Crippen LogP contribution < -0.4 is 0 Å². The van der Waals surface area contributed by atoms with Gasteiger partial charge in [-0.15, -0.1) is 0 Å². The van der Waals surface area contributed by atoms with Crippen LogP contribution in [0.3, 0.4) is 0 Å². The lowest BCUT2D eigenvalue weighted by molar-refractivity contribution is 0.415. The predicted octanol–water partition coefficient (Wildman–Crippen LogP) is 3.67. The van der Waals surface area contributed by atoms with Crippen LogP contribution in [0.4, 0.5) is 0 Å². The quantitative estimate of drug-likeness (QED) is 0.837. The van der Waals surface area contributed by atoms with Gasteiger partial charge in [0.05, 0.1) is 0 Å². The SMILES string of the molecule is Cc1cc(I)cc2cn(CC3CC3)c(O)c12. The zero-order chi connectivity index (χ0) is 11.3. The highest BCUT2D eigenvalue weighted by Crippen LogP contribution is 2.36. The van der Waals surface area contributed by atoms with Crippen molar-refractivity contribution in [3.8, 4) is 5.88 Å². The van der Waals surface area contributed by atoms with Crippen LogP contribution in [0.15, 0.2) is 18.3 Å². The Kier molecular flexibility index (Phi) is 2.38. The van der Waals surface area contributed by atoms with Crippen LogP contribution in [-0.2, 0) is 6.54 Å². The Balaban J connectivity index is 2.16. The van der Waals surface area contributed by atoms with Gasteiger partial charge in [0.15, 0.2) is 5.88 Å². The van der Waals surface area contributed by atoms with Gasteiger partial charge in [0.25, 0.3) is 0 Å². The molecule has 1 aliphatic carbocycles. The average molecular weight is 327 g/mol. The zero-order valence-electron chi connectivity index (χ0n) is 9.20. The van der Waals surface area contributed by atoms with E-state index in [4.69, 9.17) is 0 Å². The van der Waals surface area contributed by atoms with Crippen molar-refractivity contribution in [2.24, 2.45) is 5.92 Å². The van der Waals surface area contributed by atoms with Crippen LogP contribution in [-0.4, -0.2) is 9.67 Å². The summed E-state index contributed by atoms with van der Waals surface area (Å²) in [7, 11) is 0. The van der Waals surface area contributed by atoms with Crippen LogP contribution in [0, 0.1) is 16.4 Å². The molecule has 1 aromatic heterocycles. The molecule has 0 aliphatic heterocycles. The van der Waals surface area contributed by atoms with E-state index in [1.165, 1.54) is 16.4 Å². The molecule has 1 aliphatic rings. The van der Waals surface area contributed by atoms with Crippen LogP contribution in [0.1, 0.15) is 18.4 Å². The summed E-state index contributed by atoms with van der Waals surface area (Å²) in [6.45, 7) is 3.03. The summed E-state index contributed by atoms with van der Waals surface area (Å²) in [5.74, 6) is 1.22. The minimum absolute atomic E-state index is 0.441. The Morgan fingerprint density at radius 2 is 2.19 bits per heavy atom. The molecule has 84 valence electrons. The Morgan fingerprint density at radius 3 is 2.88 bits per heavy atom. The van der Waals surface area contributed by atoms with E-state index in [1.54, 1.807) is 0 Å². The standard InChI is InChI=1S/C13H14INO/c1-8-4-11(14)5-10-7-15(6-9-2-3-9)13(16)12(8)10/h4-5,7,9,16H,2-3,6H2,1H3. The molecule has 1 fully saturated rings. The van der Waals surface area contributed by atoms with Crippen molar-refractivity contribution < 1.29 is 5.11 Å². The minimum Gasteiger partial charge on any atom is -0.494 e. The Morgan fingerprint density at radius 1 is 1.44 bits per heavy atom. The second-order valence-electron chi connectivity index (χ2n) is 4.74. The van der Waals surface area contributed by atoms with Gasteiger partial charge >= 0.3 is 0 Å². The highest BCUT2D eigenvalue weighted by Gasteiger charge is 2.23. The molecule has 16 heavy (non-hydrogen) atoms. The van der Waals surface area contributed by atoms with Gasteiger partial charge in [-0.3, -0.25) is 0 Å². The third-order valence-electron chi connectivity index (χ3n) is 3.27. The van der Waals surface area contributed by atoms with Crippen molar-refractivity contribution in [1.29, 1.82) is 0 Å². The molecular formula is C13H14INO. The summed E-state index contributed by atoms with van der Waals surface area (Å²) in [5, 5.41) is 12.4. The first-order chi connectivity index (χ1) is 7.65. The molecule has 0 atom stereocenters. The summed E-state index contributed by atoms with van der Waals surface area (Å²) >= 11 is 2.32. The van der Waals surface area contributed by atoms with Gasteiger partial charge < -0.3 is 9.67 Å². The van der Waals surface area contributed by atoms with E-state index in [1.807, 2.05) is 4.57 Å². The molecular weight excluding hydrogens is 313 g/mol. The average Bonchev–Trinajstić information content (AvgIpc) is 2.93. The van der Waals surface area contributed by atoms with Crippen LogP contribution in [0.25, 0.3) is 10.8 Å². The number of benzene rings is 1. The first-order valence-corrected chi connectivity index (χ1v) is 6.71. The van der Waals surface area contributed by atoms with E-state index in [2.05, 4.69) is 47.8 Å². The molecule has 1 aromatic carbocycles. The molecule has 0 unspecified atom stereocenters. The molecule has 1 heterocycles. The highest BCUT2D eigenvalue weighted by atomic mass is 127. The maximum Gasteiger partial charge on any atom is 0.199 e. The maximum absolute atomic E-state index is 10.2. The summed E-state index contributed by atoms with van der Waals surface area (Å²) in [6.07, 6.45) is 4.70. The first-order valence-electron chi connectivity index (χ1n) is 5.63.